The van der Waals surface area contributed by atoms with E-state index in [1.807, 2.05) is 7.05 Å². The average Bonchev–Trinajstić information content (AvgIpc) is 2.48. The maximum atomic E-state index is 12.7. The van der Waals surface area contributed by atoms with Gasteiger partial charge in [-0.25, -0.2) is 0 Å². The molecule has 0 atom stereocenters. The van der Waals surface area contributed by atoms with E-state index in [1.165, 1.54) is 6.07 Å². The number of nitrogens with one attached hydrogen (secondary N) is 1. The number of carbonyl (C=O) groups is 1. The third-order valence-corrected chi connectivity index (χ3v) is 4.07. The van der Waals surface area contributed by atoms with E-state index in [1.54, 1.807) is 11.0 Å². The van der Waals surface area contributed by atoms with Crippen molar-refractivity contribution >= 4 is 18.3 Å². The zero-order chi connectivity index (χ0) is 16.2. The molecule has 1 saturated heterocycles. The van der Waals surface area contributed by atoms with E-state index in [-0.39, 0.29) is 24.7 Å². The monoisotopic (exact) mass is 350 g/mol. The fourth-order valence-electron chi connectivity index (χ4n) is 2.82. The van der Waals surface area contributed by atoms with Crippen LogP contribution >= 0.6 is 12.4 Å². The van der Waals surface area contributed by atoms with Gasteiger partial charge in [-0.2, -0.15) is 13.2 Å². The van der Waals surface area contributed by atoms with Crippen molar-refractivity contribution in [1.82, 2.24) is 10.2 Å². The number of piperidine rings is 1. The molecule has 0 spiro atoms. The van der Waals surface area contributed by atoms with Gasteiger partial charge in [0, 0.05) is 13.1 Å². The van der Waals surface area contributed by atoms with E-state index < -0.39 is 11.7 Å². The lowest BCUT2D eigenvalue weighted by atomic mass is 9.96. The lowest BCUT2D eigenvalue weighted by Gasteiger charge is -2.32. The summed E-state index contributed by atoms with van der Waals surface area (Å²) in [6, 6.07) is 5.01. The molecule has 23 heavy (non-hydrogen) atoms. The highest BCUT2D eigenvalue weighted by molar-refractivity contribution is 5.85. The molecule has 7 heteroatoms. The minimum atomic E-state index is -4.37. The Balaban J connectivity index is 0.00000264. The van der Waals surface area contributed by atoms with Crippen LogP contribution in [0.2, 0.25) is 0 Å². The van der Waals surface area contributed by atoms with Crippen LogP contribution in [0.5, 0.6) is 0 Å². The fourth-order valence-corrected chi connectivity index (χ4v) is 2.82. The Labute approximate surface area is 140 Å². The van der Waals surface area contributed by atoms with Gasteiger partial charge in [-0.1, -0.05) is 18.2 Å². The molecule has 1 amide bonds. The minimum Gasteiger partial charge on any atom is -0.342 e. The molecule has 0 saturated carbocycles. The second-order valence-corrected chi connectivity index (χ2v) is 5.76. The Hall–Kier alpha value is -1.27. The summed E-state index contributed by atoms with van der Waals surface area (Å²) in [7, 11) is 1.91. The molecule has 1 aliphatic heterocycles. The van der Waals surface area contributed by atoms with E-state index >= 15 is 0 Å². The van der Waals surface area contributed by atoms with Crippen LogP contribution in [0.1, 0.15) is 24.0 Å². The van der Waals surface area contributed by atoms with Gasteiger partial charge in [0.25, 0.3) is 0 Å². The maximum absolute atomic E-state index is 12.7. The molecule has 1 N–H and O–H groups in total. The number of likely N-dealkylation sites (tertiary alicyclic amines) is 1. The number of carbonyl (C=O) groups excluding carboxylic acids is 1. The Morgan fingerprint density at radius 3 is 2.52 bits per heavy atom. The van der Waals surface area contributed by atoms with Gasteiger partial charge in [0.1, 0.15) is 0 Å². The van der Waals surface area contributed by atoms with Gasteiger partial charge in [-0.15, -0.1) is 12.4 Å². The zero-order valence-corrected chi connectivity index (χ0v) is 13.8. The molecule has 3 nitrogen and oxygen atoms in total. The number of nitrogens with zero attached hydrogens (tertiary/aromatic N) is 1. The Kier molecular flexibility index (Phi) is 7.35. The fraction of sp³-hybridized carbons (Fsp3) is 0.562. The second-order valence-electron chi connectivity index (χ2n) is 5.76. The lowest BCUT2D eigenvalue weighted by molar-refractivity contribution is -0.138. The maximum Gasteiger partial charge on any atom is 0.416 e. The van der Waals surface area contributed by atoms with E-state index in [0.29, 0.717) is 24.6 Å². The highest BCUT2D eigenvalue weighted by Gasteiger charge is 2.30. The van der Waals surface area contributed by atoms with Crippen molar-refractivity contribution in [3.05, 3.63) is 35.4 Å². The number of alkyl halides is 3. The molecule has 0 radical (unpaired) electrons. The quantitative estimate of drug-likeness (QED) is 0.905. The lowest BCUT2D eigenvalue weighted by Crippen LogP contribution is -2.41. The van der Waals surface area contributed by atoms with Crippen molar-refractivity contribution in [3.8, 4) is 0 Å². The van der Waals surface area contributed by atoms with Crippen LogP contribution in [0.4, 0.5) is 13.2 Å². The van der Waals surface area contributed by atoms with Gasteiger partial charge in [0.05, 0.1) is 12.0 Å². The van der Waals surface area contributed by atoms with E-state index in [2.05, 4.69) is 5.32 Å². The molecule has 1 aromatic rings. The minimum absolute atomic E-state index is 0. The predicted octanol–water partition coefficient (Wildman–Crippen LogP) is 3.13. The van der Waals surface area contributed by atoms with Crippen molar-refractivity contribution in [2.75, 3.05) is 26.7 Å². The first-order valence-corrected chi connectivity index (χ1v) is 7.48. The SMILES string of the molecule is CNCC1CCN(C(=O)Cc2cccc(C(F)(F)F)c2)CC1.Cl. The molecular weight excluding hydrogens is 329 g/mol. The van der Waals surface area contributed by atoms with Gasteiger partial charge >= 0.3 is 6.18 Å². The Morgan fingerprint density at radius 2 is 1.96 bits per heavy atom. The number of benzene rings is 1. The first-order valence-electron chi connectivity index (χ1n) is 7.48. The van der Waals surface area contributed by atoms with Crippen LogP contribution in [-0.2, 0) is 17.4 Å². The second kappa shape index (κ2) is 8.55. The van der Waals surface area contributed by atoms with Crippen LogP contribution in [0.25, 0.3) is 0 Å². The van der Waals surface area contributed by atoms with Crippen LogP contribution in [0, 0.1) is 5.92 Å². The topological polar surface area (TPSA) is 32.3 Å². The van der Waals surface area contributed by atoms with Crippen LogP contribution in [0.3, 0.4) is 0 Å². The first-order chi connectivity index (χ1) is 10.4. The number of rotatable bonds is 4. The van der Waals surface area contributed by atoms with Gasteiger partial charge in [0.2, 0.25) is 5.91 Å². The van der Waals surface area contributed by atoms with Crippen molar-refractivity contribution in [2.24, 2.45) is 5.92 Å². The average molecular weight is 351 g/mol. The third-order valence-electron chi connectivity index (χ3n) is 4.07. The van der Waals surface area contributed by atoms with E-state index in [9.17, 15) is 18.0 Å². The van der Waals surface area contributed by atoms with Gasteiger partial charge < -0.3 is 10.2 Å². The molecule has 1 aromatic carbocycles. The highest BCUT2D eigenvalue weighted by atomic mass is 35.5. The molecule has 1 heterocycles. The van der Waals surface area contributed by atoms with Crippen molar-refractivity contribution in [3.63, 3.8) is 0 Å². The summed E-state index contributed by atoms with van der Waals surface area (Å²) in [5.74, 6) is 0.477. The summed E-state index contributed by atoms with van der Waals surface area (Å²) in [5, 5.41) is 3.13. The molecule has 0 bridgehead atoms. The summed E-state index contributed by atoms with van der Waals surface area (Å²) >= 11 is 0. The standard InChI is InChI=1S/C16H21F3N2O.ClH/c1-20-11-12-5-7-21(8-6-12)15(22)10-13-3-2-4-14(9-13)16(17,18)19;/h2-4,9,12,20H,5-8,10-11H2,1H3;1H. The number of hydrogen-bond donors (Lipinski definition) is 1. The van der Waals surface area contributed by atoms with Gasteiger partial charge in [0.15, 0.2) is 0 Å². The molecule has 1 fully saturated rings. The van der Waals surface area contributed by atoms with Crippen LogP contribution < -0.4 is 5.32 Å². The normalized spacial score (nSPS) is 16.1. The number of hydrogen-bond acceptors (Lipinski definition) is 2. The number of amides is 1. The smallest absolute Gasteiger partial charge is 0.342 e. The summed E-state index contributed by atoms with van der Waals surface area (Å²) in [6.07, 6.45) is -2.46. The van der Waals surface area contributed by atoms with Crippen molar-refractivity contribution in [1.29, 1.82) is 0 Å². The molecule has 130 valence electrons. The first kappa shape index (κ1) is 19.8. The Bertz CT molecular complexity index is 514. The molecular formula is C16H22ClF3N2O. The van der Waals surface area contributed by atoms with E-state index in [4.69, 9.17) is 0 Å². The molecule has 0 unspecified atom stereocenters. The van der Waals surface area contributed by atoms with Gasteiger partial charge in [-0.3, -0.25) is 4.79 Å². The summed E-state index contributed by atoms with van der Waals surface area (Å²) in [5.41, 5.74) is -0.289. The molecule has 0 aliphatic carbocycles. The van der Waals surface area contributed by atoms with Crippen molar-refractivity contribution in [2.45, 2.75) is 25.4 Å². The predicted molar refractivity (Wildman–Crippen MR) is 85.6 cm³/mol. The summed E-state index contributed by atoms with van der Waals surface area (Å²) < 4.78 is 38.0. The molecule has 2 rings (SSSR count). The molecule has 1 aliphatic rings. The van der Waals surface area contributed by atoms with Crippen LogP contribution in [-0.4, -0.2) is 37.5 Å². The van der Waals surface area contributed by atoms with Crippen molar-refractivity contribution < 1.29 is 18.0 Å². The van der Waals surface area contributed by atoms with E-state index in [0.717, 1.165) is 31.5 Å². The largest absolute Gasteiger partial charge is 0.416 e. The Morgan fingerprint density at radius 1 is 1.30 bits per heavy atom. The third kappa shape index (κ3) is 5.70. The molecule has 0 aromatic heterocycles. The summed E-state index contributed by atoms with van der Waals surface area (Å²) in [6.45, 7) is 2.31. The zero-order valence-electron chi connectivity index (χ0n) is 13.0. The number of halogens is 4. The van der Waals surface area contributed by atoms with Crippen LogP contribution in [0.15, 0.2) is 24.3 Å². The highest BCUT2D eigenvalue weighted by Crippen LogP contribution is 2.29. The van der Waals surface area contributed by atoms with Gasteiger partial charge in [-0.05, 0) is 44.0 Å². The summed E-state index contributed by atoms with van der Waals surface area (Å²) in [4.78, 5) is 14.0.